The van der Waals surface area contributed by atoms with Gasteiger partial charge in [-0.2, -0.15) is 0 Å². The first kappa shape index (κ1) is 11.1. The highest BCUT2D eigenvalue weighted by molar-refractivity contribution is 6.30. The highest BCUT2D eigenvalue weighted by atomic mass is 35.5. The van der Waals surface area contributed by atoms with E-state index in [4.69, 9.17) is 33.7 Å². The summed E-state index contributed by atoms with van der Waals surface area (Å²) in [6.45, 7) is 0. The van der Waals surface area contributed by atoms with Gasteiger partial charge >= 0.3 is 0 Å². The molecule has 1 aliphatic rings. The van der Waals surface area contributed by atoms with Gasteiger partial charge < -0.3 is 10.5 Å². The molecule has 2 N–H and O–H groups in total. The van der Waals surface area contributed by atoms with Gasteiger partial charge in [-0.3, -0.25) is 9.69 Å². The minimum atomic E-state index is -0.774. The molecular formula is C10H8Cl2N2O2. The molecule has 4 nitrogen and oxygen atoms in total. The van der Waals surface area contributed by atoms with Gasteiger partial charge in [0.05, 0.1) is 0 Å². The summed E-state index contributed by atoms with van der Waals surface area (Å²) in [5.41, 5.74) is 5.33. The Morgan fingerprint density at radius 3 is 2.56 bits per heavy atom. The molecule has 0 aliphatic carbocycles. The molecule has 1 aromatic carbocycles. The minimum Gasteiger partial charge on any atom is -0.461 e. The predicted molar refractivity (Wildman–Crippen MR) is 61.9 cm³/mol. The average molecular weight is 259 g/mol. The first-order valence-corrected chi connectivity index (χ1v) is 5.25. The van der Waals surface area contributed by atoms with Crippen molar-refractivity contribution < 1.29 is 9.53 Å². The number of carbonyl (C=O) groups excluding carboxylic acids is 1. The number of anilines is 1. The summed E-state index contributed by atoms with van der Waals surface area (Å²) in [5.74, 6) is -0.599. The van der Waals surface area contributed by atoms with Crippen LogP contribution >= 0.6 is 23.2 Å². The molecule has 2 rings (SSSR count). The summed E-state index contributed by atoms with van der Waals surface area (Å²) in [7, 11) is 0. The van der Waals surface area contributed by atoms with E-state index >= 15 is 0 Å². The monoisotopic (exact) mass is 258 g/mol. The fraction of sp³-hybridized carbons (Fsp3) is 0.100. The lowest BCUT2D eigenvalue weighted by molar-refractivity contribution is -0.114. The van der Waals surface area contributed by atoms with E-state index in [2.05, 4.69) is 0 Å². The van der Waals surface area contributed by atoms with Gasteiger partial charge in [0.15, 0.2) is 0 Å². The highest BCUT2D eigenvalue weighted by Crippen LogP contribution is 2.30. The minimum absolute atomic E-state index is 0.210. The number of primary amides is 1. The molecule has 16 heavy (non-hydrogen) atoms. The Hall–Kier alpha value is -1.39. The molecule has 1 amide bonds. The molecule has 0 radical (unpaired) electrons. The van der Waals surface area contributed by atoms with Gasteiger partial charge in [-0.15, -0.1) is 0 Å². The number of halogens is 2. The van der Waals surface area contributed by atoms with Crippen molar-refractivity contribution in [2.75, 3.05) is 4.90 Å². The Labute approximate surface area is 102 Å². The molecule has 6 heteroatoms. The molecule has 0 aromatic heterocycles. The second kappa shape index (κ2) is 4.23. The lowest BCUT2D eigenvalue weighted by Crippen LogP contribution is -2.32. The van der Waals surface area contributed by atoms with E-state index in [1.165, 1.54) is 11.2 Å². The van der Waals surface area contributed by atoms with Crippen molar-refractivity contribution in [3.05, 3.63) is 41.2 Å². The molecular weight excluding hydrogens is 251 g/mol. The maximum absolute atomic E-state index is 11.1. The van der Waals surface area contributed by atoms with Crippen LogP contribution in [-0.4, -0.2) is 11.6 Å². The molecule has 1 unspecified atom stereocenters. The molecule has 0 fully saturated rings. The van der Waals surface area contributed by atoms with Gasteiger partial charge in [-0.1, -0.05) is 23.2 Å². The Morgan fingerprint density at radius 1 is 1.38 bits per heavy atom. The number of nitrogens with zero attached hydrogens (tertiary/aromatic N) is 1. The van der Waals surface area contributed by atoms with E-state index in [0.29, 0.717) is 10.7 Å². The average Bonchev–Trinajstić information content (AvgIpc) is 2.62. The Balaban J connectivity index is 2.35. The molecule has 0 saturated carbocycles. The summed E-state index contributed by atoms with van der Waals surface area (Å²) in [4.78, 5) is 12.6. The SMILES string of the molecule is NC(=O)C1=COC(Cl)N1c1ccc(Cl)cc1. The van der Waals surface area contributed by atoms with Gasteiger partial charge in [0, 0.05) is 10.7 Å². The number of rotatable bonds is 2. The number of benzene rings is 1. The van der Waals surface area contributed by atoms with Crippen LogP contribution in [0.1, 0.15) is 0 Å². The maximum atomic E-state index is 11.1. The van der Waals surface area contributed by atoms with Crippen LogP contribution in [0.4, 0.5) is 5.69 Å². The van der Waals surface area contributed by atoms with E-state index in [9.17, 15) is 4.79 Å². The number of hydrogen-bond acceptors (Lipinski definition) is 3. The Kier molecular flexibility index (Phi) is 2.94. The van der Waals surface area contributed by atoms with Crippen LogP contribution in [0.3, 0.4) is 0 Å². The third-order valence-corrected chi connectivity index (χ3v) is 2.66. The number of alkyl halides is 1. The number of nitrogens with two attached hydrogens (primary N) is 1. The van der Waals surface area contributed by atoms with Crippen molar-refractivity contribution >= 4 is 34.8 Å². The van der Waals surface area contributed by atoms with Crippen LogP contribution in [0.5, 0.6) is 0 Å². The van der Waals surface area contributed by atoms with Crippen LogP contribution in [0.15, 0.2) is 36.2 Å². The molecule has 84 valence electrons. The topological polar surface area (TPSA) is 55.6 Å². The zero-order valence-corrected chi connectivity index (χ0v) is 9.57. The molecule has 1 aromatic rings. The number of amides is 1. The fourth-order valence-electron chi connectivity index (χ4n) is 1.38. The lowest BCUT2D eigenvalue weighted by Gasteiger charge is -2.22. The fourth-order valence-corrected chi connectivity index (χ4v) is 1.78. The zero-order valence-electron chi connectivity index (χ0n) is 8.06. The van der Waals surface area contributed by atoms with Crippen molar-refractivity contribution in [2.45, 2.75) is 5.69 Å². The van der Waals surface area contributed by atoms with Crippen molar-refractivity contribution in [3.63, 3.8) is 0 Å². The lowest BCUT2D eigenvalue weighted by atomic mass is 10.3. The van der Waals surface area contributed by atoms with Gasteiger partial charge in [0.2, 0.25) is 0 Å². The Bertz CT molecular complexity index is 445. The summed E-state index contributed by atoms with van der Waals surface area (Å²) in [5, 5.41) is 0.597. The van der Waals surface area contributed by atoms with E-state index < -0.39 is 11.6 Å². The Morgan fingerprint density at radius 2 is 2.00 bits per heavy atom. The van der Waals surface area contributed by atoms with E-state index in [1.807, 2.05) is 0 Å². The number of carbonyl (C=O) groups is 1. The van der Waals surface area contributed by atoms with Gasteiger partial charge in [-0.25, -0.2) is 0 Å². The molecule has 0 spiro atoms. The molecule has 0 saturated heterocycles. The largest absolute Gasteiger partial charge is 0.461 e. The van der Waals surface area contributed by atoms with Gasteiger partial charge in [-0.05, 0) is 24.3 Å². The van der Waals surface area contributed by atoms with Crippen LogP contribution < -0.4 is 10.6 Å². The van der Waals surface area contributed by atoms with Crippen molar-refractivity contribution in [2.24, 2.45) is 5.73 Å². The summed E-state index contributed by atoms with van der Waals surface area (Å²) < 4.78 is 5.02. The molecule has 1 heterocycles. The van der Waals surface area contributed by atoms with Crippen molar-refractivity contribution in [1.82, 2.24) is 0 Å². The second-order valence-electron chi connectivity index (χ2n) is 3.14. The normalized spacial score (nSPS) is 19.2. The highest BCUT2D eigenvalue weighted by Gasteiger charge is 2.30. The third kappa shape index (κ3) is 1.94. The van der Waals surface area contributed by atoms with E-state index in [0.717, 1.165) is 0 Å². The van der Waals surface area contributed by atoms with E-state index in [-0.39, 0.29) is 5.70 Å². The summed E-state index contributed by atoms with van der Waals surface area (Å²) in [6, 6.07) is 6.83. The predicted octanol–water partition coefficient (Wildman–Crippen LogP) is 2.03. The van der Waals surface area contributed by atoms with Crippen molar-refractivity contribution in [3.8, 4) is 0 Å². The first-order chi connectivity index (χ1) is 7.59. The van der Waals surface area contributed by atoms with Gasteiger partial charge in [0.1, 0.15) is 12.0 Å². The standard InChI is InChI=1S/C10H8Cl2N2O2/c11-6-1-3-7(4-2-6)14-8(9(13)15)5-16-10(14)12/h1-5,10H,(H2,13,15). The molecule has 1 atom stereocenters. The summed E-state index contributed by atoms with van der Waals surface area (Å²) >= 11 is 11.7. The zero-order chi connectivity index (χ0) is 11.7. The summed E-state index contributed by atoms with van der Waals surface area (Å²) in [6.07, 6.45) is 1.24. The third-order valence-electron chi connectivity index (χ3n) is 2.11. The first-order valence-electron chi connectivity index (χ1n) is 4.44. The molecule has 0 bridgehead atoms. The maximum Gasteiger partial charge on any atom is 0.268 e. The van der Waals surface area contributed by atoms with Crippen LogP contribution in [-0.2, 0) is 9.53 Å². The van der Waals surface area contributed by atoms with E-state index in [1.54, 1.807) is 24.3 Å². The van der Waals surface area contributed by atoms with Crippen molar-refractivity contribution in [1.29, 1.82) is 0 Å². The quantitative estimate of drug-likeness (QED) is 0.653. The smallest absolute Gasteiger partial charge is 0.268 e. The van der Waals surface area contributed by atoms with Crippen LogP contribution in [0.25, 0.3) is 0 Å². The van der Waals surface area contributed by atoms with Crippen LogP contribution in [0, 0.1) is 0 Å². The van der Waals surface area contributed by atoms with Gasteiger partial charge in [0.25, 0.3) is 11.6 Å². The number of hydrogen-bond donors (Lipinski definition) is 1. The second-order valence-corrected chi connectivity index (χ2v) is 3.95. The van der Waals surface area contributed by atoms with Crippen LogP contribution in [0.2, 0.25) is 5.02 Å². The number of ether oxygens (including phenoxy) is 1. The molecule has 1 aliphatic heterocycles.